The molecule has 0 radical (unpaired) electrons. The van der Waals surface area contributed by atoms with E-state index in [0.717, 1.165) is 11.1 Å². The second kappa shape index (κ2) is 10.8. The van der Waals surface area contributed by atoms with E-state index in [0.29, 0.717) is 24.6 Å². The molecule has 0 saturated heterocycles. The Morgan fingerprint density at radius 3 is 2.56 bits per heavy atom. The highest BCUT2D eigenvalue weighted by Crippen LogP contribution is 2.31. The van der Waals surface area contributed by atoms with E-state index in [1.54, 1.807) is 6.07 Å². The molecule has 0 aliphatic heterocycles. The molecule has 0 spiro atoms. The minimum atomic E-state index is -0.927. The Morgan fingerprint density at radius 1 is 1.12 bits per heavy atom. The number of hydrogen-bond donors (Lipinski definition) is 1. The number of amides is 1. The molecule has 1 heterocycles. The predicted molar refractivity (Wildman–Crippen MR) is 121 cm³/mol. The summed E-state index contributed by atoms with van der Waals surface area (Å²) in [6.45, 7) is 3.87. The summed E-state index contributed by atoms with van der Waals surface area (Å²) in [5, 5.41) is 3.40. The number of benzene rings is 2. The first kappa shape index (κ1) is 23.3. The van der Waals surface area contributed by atoms with Gasteiger partial charge in [0.25, 0.3) is 0 Å². The highest BCUT2D eigenvalue weighted by molar-refractivity contribution is 6.33. The normalized spacial score (nSPS) is 11.7. The molecule has 1 atom stereocenters. The average molecular weight is 458 g/mol. The Labute approximate surface area is 190 Å². The van der Waals surface area contributed by atoms with Crippen LogP contribution in [-0.4, -0.2) is 18.1 Å². The molecule has 168 valence electrons. The van der Waals surface area contributed by atoms with Gasteiger partial charge < -0.3 is 19.2 Å². The second-order valence-corrected chi connectivity index (χ2v) is 7.60. The molecule has 2 aromatic carbocycles. The van der Waals surface area contributed by atoms with Crippen LogP contribution in [0.2, 0.25) is 5.02 Å². The zero-order valence-corrected chi connectivity index (χ0v) is 18.6. The lowest BCUT2D eigenvalue weighted by atomic mass is 10.1. The highest BCUT2D eigenvalue weighted by atomic mass is 35.5. The van der Waals surface area contributed by atoms with Crippen LogP contribution in [-0.2, 0) is 22.6 Å². The zero-order chi connectivity index (χ0) is 23.1. The second-order valence-electron chi connectivity index (χ2n) is 7.19. The quantitative estimate of drug-likeness (QED) is 0.290. The first-order chi connectivity index (χ1) is 15.4. The van der Waals surface area contributed by atoms with Crippen LogP contribution in [0.1, 0.15) is 37.8 Å². The number of carbonyl (C=O) groups is 2. The maximum atomic E-state index is 12.7. The Balaban J connectivity index is 1.72. The van der Waals surface area contributed by atoms with Crippen molar-refractivity contribution in [3.8, 4) is 5.75 Å². The summed E-state index contributed by atoms with van der Waals surface area (Å²) in [4.78, 5) is 36.7. The summed E-state index contributed by atoms with van der Waals surface area (Å²) in [6, 6.07) is 12.7. The van der Waals surface area contributed by atoms with Gasteiger partial charge >= 0.3 is 17.7 Å². The number of rotatable bonds is 8. The van der Waals surface area contributed by atoms with Crippen LogP contribution < -0.4 is 15.7 Å². The lowest BCUT2D eigenvalue weighted by Crippen LogP contribution is -2.43. The molecule has 8 heteroatoms. The SMILES string of the molecule is CCC[C@@H](NC(=O)OCc1ccccc1)C(=O)Oc1cc2oc(=O)cc(CC)c2cc1Cl. The van der Waals surface area contributed by atoms with Gasteiger partial charge in [-0.05, 0) is 30.0 Å². The summed E-state index contributed by atoms with van der Waals surface area (Å²) in [5.74, 6) is -0.653. The monoisotopic (exact) mass is 457 g/mol. The summed E-state index contributed by atoms with van der Waals surface area (Å²) >= 11 is 6.31. The van der Waals surface area contributed by atoms with Crippen molar-refractivity contribution in [2.24, 2.45) is 0 Å². The summed E-state index contributed by atoms with van der Waals surface area (Å²) in [7, 11) is 0. The van der Waals surface area contributed by atoms with E-state index in [9.17, 15) is 14.4 Å². The van der Waals surface area contributed by atoms with Gasteiger partial charge in [-0.15, -0.1) is 0 Å². The van der Waals surface area contributed by atoms with Gasteiger partial charge in [0.1, 0.15) is 18.2 Å². The van der Waals surface area contributed by atoms with Crippen molar-refractivity contribution in [2.45, 2.75) is 45.8 Å². The van der Waals surface area contributed by atoms with Crippen molar-refractivity contribution < 1.29 is 23.5 Å². The van der Waals surface area contributed by atoms with Gasteiger partial charge in [0, 0.05) is 17.5 Å². The van der Waals surface area contributed by atoms with Crippen LogP contribution in [0.4, 0.5) is 4.79 Å². The number of esters is 1. The lowest BCUT2D eigenvalue weighted by Gasteiger charge is -2.17. The van der Waals surface area contributed by atoms with Crippen LogP contribution in [0.25, 0.3) is 11.0 Å². The number of hydrogen-bond acceptors (Lipinski definition) is 6. The lowest BCUT2D eigenvalue weighted by molar-refractivity contribution is -0.136. The van der Waals surface area contributed by atoms with Crippen LogP contribution in [0.5, 0.6) is 5.75 Å². The van der Waals surface area contributed by atoms with Crippen molar-refractivity contribution in [1.82, 2.24) is 5.32 Å². The van der Waals surface area contributed by atoms with Gasteiger partial charge in [-0.1, -0.05) is 62.2 Å². The van der Waals surface area contributed by atoms with E-state index in [1.165, 1.54) is 12.1 Å². The number of alkyl carbamates (subject to hydrolysis) is 1. The molecule has 0 aliphatic carbocycles. The molecule has 0 unspecified atom stereocenters. The molecule has 1 aromatic heterocycles. The van der Waals surface area contributed by atoms with Gasteiger partial charge in [0.15, 0.2) is 5.75 Å². The molecular weight excluding hydrogens is 434 g/mol. The van der Waals surface area contributed by atoms with Crippen molar-refractivity contribution in [3.05, 3.63) is 75.1 Å². The fourth-order valence-electron chi connectivity index (χ4n) is 3.22. The molecule has 3 rings (SSSR count). The third-order valence-electron chi connectivity index (χ3n) is 4.84. The molecule has 0 saturated carbocycles. The van der Waals surface area contributed by atoms with Crippen LogP contribution in [0.15, 0.2) is 57.7 Å². The van der Waals surface area contributed by atoms with E-state index >= 15 is 0 Å². The average Bonchev–Trinajstić information content (AvgIpc) is 2.78. The van der Waals surface area contributed by atoms with E-state index in [4.69, 9.17) is 25.5 Å². The standard InChI is InChI=1S/C24H24ClNO6/c1-3-8-19(26-24(29)30-14-15-9-6-5-7-10-15)23(28)32-21-13-20-17(12-18(21)25)16(4-2)11-22(27)31-20/h5-7,9-13,19H,3-4,8,14H2,1-2H3,(H,26,29)/t19-/m1/s1. The Bertz CT molecular complexity index is 1160. The predicted octanol–water partition coefficient (Wildman–Crippen LogP) is 5.01. The Morgan fingerprint density at radius 2 is 1.88 bits per heavy atom. The molecule has 0 aliphatic rings. The number of nitrogens with one attached hydrogen (secondary N) is 1. The number of halogens is 1. The fourth-order valence-corrected chi connectivity index (χ4v) is 3.43. The van der Waals surface area contributed by atoms with Crippen LogP contribution in [0.3, 0.4) is 0 Å². The van der Waals surface area contributed by atoms with Crippen molar-refractivity contribution in [3.63, 3.8) is 0 Å². The maximum absolute atomic E-state index is 12.7. The summed E-state index contributed by atoms with van der Waals surface area (Å²) in [5.41, 5.74) is 1.38. The van der Waals surface area contributed by atoms with E-state index in [-0.39, 0.29) is 23.0 Å². The molecule has 0 bridgehead atoms. The van der Waals surface area contributed by atoms with Crippen LogP contribution in [0, 0.1) is 0 Å². The third-order valence-corrected chi connectivity index (χ3v) is 5.14. The van der Waals surface area contributed by atoms with Crippen molar-refractivity contribution in [2.75, 3.05) is 0 Å². The number of fused-ring (bicyclic) bond motifs is 1. The van der Waals surface area contributed by atoms with Gasteiger partial charge in [0.05, 0.1) is 5.02 Å². The third kappa shape index (κ3) is 5.88. The summed E-state index contributed by atoms with van der Waals surface area (Å²) in [6.07, 6.45) is 0.858. The number of ether oxygens (including phenoxy) is 2. The first-order valence-corrected chi connectivity index (χ1v) is 10.7. The van der Waals surface area contributed by atoms with Crippen molar-refractivity contribution >= 4 is 34.6 Å². The molecule has 1 amide bonds. The minimum absolute atomic E-state index is 0.0427. The van der Waals surface area contributed by atoms with Crippen LogP contribution >= 0.6 is 11.6 Å². The largest absolute Gasteiger partial charge is 0.445 e. The first-order valence-electron chi connectivity index (χ1n) is 10.4. The molecule has 7 nitrogen and oxygen atoms in total. The Kier molecular flexibility index (Phi) is 7.89. The van der Waals surface area contributed by atoms with E-state index in [1.807, 2.05) is 44.2 Å². The van der Waals surface area contributed by atoms with Gasteiger partial charge in [-0.2, -0.15) is 0 Å². The minimum Gasteiger partial charge on any atom is -0.445 e. The molecule has 3 aromatic rings. The van der Waals surface area contributed by atoms with Gasteiger partial charge in [-0.25, -0.2) is 14.4 Å². The van der Waals surface area contributed by atoms with Crippen molar-refractivity contribution in [1.29, 1.82) is 0 Å². The maximum Gasteiger partial charge on any atom is 0.408 e. The molecular formula is C24H24ClNO6. The van der Waals surface area contributed by atoms with E-state index < -0.39 is 23.7 Å². The highest BCUT2D eigenvalue weighted by Gasteiger charge is 2.24. The summed E-state index contributed by atoms with van der Waals surface area (Å²) < 4.78 is 15.9. The van der Waals surface area contributed by atoms with E-state index in [2.05, 4.69) is 5.32 Å². The topological polar surface area (TPSA) is 94.8 Å². The zero-order valence-electron chi connectivity index (χ0n) is 17.9. The molecule has 0 fully saturated rings. The van der Waals surface area contributed by atoms with Gasteiger partial charge in [0.2, 0.25) is 0 Å². The molecule has 32 heavy (non-hydrogen) atoms. The fraction of sp³-hybridized carbons (Fsp3) is 0.292. The Hall–Kier alpha value is -3.32. The van der Waals surface area contributed by atoms with Gasteiger partial charge in [-0.3, -0.25) is 0 Å². The smallest absolute Gasteiger partial charge is 0.408 e. The molecule has 1 N–H and O–H groups in total. The number of aryl methyl sites for hydroxylation is 1. The number of carbonyl (C=O) groups excluding carboxylic acids is 2.